The summed E-state index contributed by atoms with van der Waals surface area (Å²) in [5.41, 5.74) is -0.345. The zero-order valence-electron chi connectivity index (χ0n) is 13.5. The van der Waals surface area contributed by atoms with Gasteiger partial charge in [0.1, 0.15) is 12.6 Å². The summed E-state index contributed by atoms with van der Waals surface area (Å²) in [5.74, 6) is -0.263. The first-order chi connectivity index (χ1) is 11.6. The fraction of sp³-hybridized carbons (Fsp3) is 0.375. The van der Waals surface area contributed by atoms with E-state index >= 15 is 0 Å². The number of carbonyl (C=O) groups excluding carboxylic acids is 2. The summed E-state index contributed by atoms with van der Waals surface area (Å²) in [6, 6.07) is 6.30. The maximum Gasteiger partial charge on any atom is 0.328 e. The summed E-state index contributed by atoms with van der Waals surface area (Å²) in [7, 11) is 1.27. The number of nitrogens with one attached hydrogen (secondary N) is 1. The lowest BCUT2D eigenvalue weighted by Gasteiger charge is -2.16. The summed E-state index contributed by atoms with van der Waals surface area (Å²) in [6.45, 7) is -0.254. The van der Waals surface area contributed by atoms with Crippen LogP contribution in [0.15, 0.2) is 35.3 Å². The van der Waals surface area contributed by atoms with E-state index in [4.69, 9.17) is 4.74 Å². The Morgan fingerprint density at radius 3 is 2.83 bits per heavy atom. The Bertz CT molecular complexity index is 790. The minimum absolute atomic E-state index is 0.254. The summed E-state index contributed by atoms with van der Waals surface area (Å²) in [5, 5.41) is 7.81. The van der Waals surface area contributed by atoms with Gasteiger partial charge in [0.2, 0.25) is 5.91 Å². The van der Waals surface area contributed by atoms with E-state index in [0.717, 1.165) is 4.68 Å². The molecule has 0 aliphatic heterocycles. The Morgan fingerprint density at radius 2 is 2.12 bits per heavy atom. The van der Waals surface area contributed by atoms with Crippen LogP contribution in [-0.4, -0.2) is 46.8 Å². The normalized spacial score (nSPS) is 11.9. The molecule has 2 aromatic rings. The second-order valence-corrected chi connectivity index (χ2v) is 6.10. The Morgan fingerprint density at radius 1 is 1.38 bits per heavy atom. The first-order valence-corrected chi connectivity index (χ1v) is 8.77. The number of thioether (sulfide) groups is 1. The highest BCUT2D eigenvalue weighted by Gasteiger charge is 2.21. The number of aromatic nitrogens is 2. The number of ether oxygens (including phenoxy) is 1. The summed E-state index contributed by atoms with van der Waals surface area (Å²) in [4.78, 5) is 36.2. The third-order valence-corrected chi connectivity index (χ3v) is 4.13. The van der Waals surface area contributed by atoms with Gasteiger partial charge in [-0.1, -0.05) is 18.2 Å². The highest BCUT2D eigenvalue weighted by Crippen LogP contribution is 2.06. The lowest BCUT2D eigenvalue weighted by Crippen LogP contribution is -2.44. The SMILES string of the molecule is COC(=O)[C@H](CCSC)NC(=O)Cn1ncc2ccccc2c1=O. The number of hydrogen-bond acceptors (Lipinski definition) is 6. The Balaban J connectivity index is 2.12. The number of hydrogen-bond donors (Lipinski definition) is 1. The van der Waals surface area contributed by atoms with Gasteiger partial charge in [-0.3, -0.25) is 9.59 Å². The van der Waals surface area contributed by atoms with Gasteiger partial charge in [0.15, 0.2) is 0 Å². The van der Waals surface area contributed by atoms with E-state index in [-0.39, 0.29) is 12.1 Å². The topological polar surface area (TPSA) is 90.3 Å². The van der Waals surface area contributed by atoms with E-state index in [1.807, 2.05) is 12.3 Å². The van der Waals surface area contributed by atoms with Gasteiger partial charge >= 0.3 is 5.97 Å². The van der Waals surface area contributed by atoms with Crippen molar-refractivity contribution in [1.29, 1.82) is 0 Å². The van der Waals surface area contributed by atoms with Crippen molar-refractivity contribution in [3.05, 3.63) is 40.8 Å². The number of rotatable bonds is 7. The van der Waals surface area contributed by atoms with E-state index in [9.17, 15) is 14.4 Å². The minimum atomic E-state index is -0.730. The van der Waals surface area contributed by atoms with Crippen molar-refractivity contribution in [2.75, 3.05) is 19.1 Å². The van der Waals surface area contributed by atoms with Gasteiger partial charge in [0.25, 0.3) is 5.56 Å². The number of carbonyl (C=O) groups is 2. The van der Waals surface area contributed by atoms with Crippen molar-refractivity contribution in [1.82, 2.24) is 15.1 Å². The van der Waals surface area contributed by atoms with Gasteiger partial charge in [0.05, 0.1) is 18.7 Å². The lowest BCUT2D eigenvalue weighted by molar-refractivity contribution is -0.145. The molecule has 1 N–H and O–H groups in total. The maximum absolute atomic E-state index is 12.3. The van der Waals surface area contributed by atoms with Crippen molar-refractivity contribution >= 4 is 34.4 Å². The van der Waals surface area contributed by atoms with Gasteiger partial charge in [-0.15, -0.1) is 0 Å². The highest BCUT2D eigenvalue weighted by atomic mass is 32.2. The summed E-state index contributed by atoms with van der Waals surface area (Å²) < 4.78 is 5.78. The monoisotopic (exact) mass is 349 g/mol. The van der Waals surface area contributed by atoms with Crippen LogP contribution >= 0.6 is 11.8 Å². The number of methoxy groups -OCH3 is 1. The van der Waals surface area contributed by atoms with Crippen LogP contribution in [0.4, 0.5) is 0 Å². The van der Waals surface area contributed by atoms with Crippen molar-refractivity contribution in [2.24, 2.45) is 0 Å². The zero-order chi connectivity index (χ0) is 17.5. The molecule has 24 heavy (non-hydrogen) atoms. The van der Waals surface area contributed by atoms with Crippen LogP contribution in [0.1, 0.15) is 6.42 Å². The largest absolute Gasteiger partial charge is 0.467 e. The van der Waals surface area contributed by atoms with Gasteiger partial charge in [0, 0.05) is 5.39 Å². The highest BCUT2D eigenvalue weighted by molar-refractivity contribution is 7.98. The number of amides is 1. The first-order valence-electron chi connectivity index (χ1n) is 7.37. The molecular weight excluding hydrogens is 330 g/mol. The smallest absolute Gasteiger partial charge is 0.328 e. The molecule has 1 aromatic heterocycles. The zero-order valence-corrected chi connectivity index (χ0v) is 14.3. The van der Waals surface area contributed by atoms with Crippen LogP contribution in [0, 0.1) is 0 Å². The van der Waals surface area contributed by atoms with Crippen LogP contribution in [0.25, 0.3) is 10.8 Å². The van der Waals surface area contributed by atoms with Gasteiger partial charge in [-0.25, -0.2) is 9.48 Å². The number of esters is 1. The predicted molar refractivity (Wildman–Crippen MR) is 92.9 cm³/mol. The molecule has 128 valence electrons. The summed E-state index contributed by atoms with van der Waals surface area (Å²) >= 11 is 1.57. The molecule has 0 saturated carbocycles. The summed E-state index contributed by atoms with van der Waals surface area (Å²) in [6.07, 6.45) is 3.91. The van der Waals surface area contributed by atoms with Crippen LogP contribution in [-0.2, 0) is 20.9 Å². The Labute approximate surface area is 143 Å². The number of benzene rings is 1. The van der Waals surface area contributed by atoms with E-state index in [1.54, 1.807) is 30.0 Å². The standard InChI is InChI=1S/C16H19N3O4S/c1-23-16(22)13(7-8-24-2)18-14(20)10-19-15(21)12-6-4-3-5-11(12)9-17-19/h3-6,9,13H,7-8,10H2,1-2H3,(H,18,20)/t13-/m0/s1. The van der Waals surface area contributed by atoms with Crippen LogP contribution in [0.3, 0.4) is 0 Å². The quantitative estimate of drug-likeness (QED) is 0.744. The van der Waals surface area contributed by atoms with Crippen molar-refractivity contribution in [3.63, 3.8) is 0 Å². The fourth-order valence-electron chi connectivity index (χ4n) is 2.24. The molecule has 8 heteroatoms. The molecule has 1 heterocycles. The fourth-order valence-corrected chi connectivity index (χ4v) is 2.71. The average molecular weight is 349 g/mol. The minimum Gasteiger partial charge on any atom is -0.467 e. The molecule has 0 bridgehead atoms. The van der Waals surface area contributed by atoms with Crippen LogP contribution < -0.4 is 10.9 Å². The first kappa shape index (κ1) is 18.0. The van der Waals surface area contributed by atoms with Crippen molar-refractivity contribution in [2.45, 2.75) is 19.0 Å². The Kier molecular flexibility index (Phi) is 6.36. The van der Waals surface area contributed by atoms with Gasteiger partial charge in [-0.05, 0) is 24.5 Å². The number of nitrogens with zero attached hydrogens (tertiary/aromatic N) is 2. The average Bonchev–Trinajstić information content (AvgIpc) is 2.60. The molecule has 0 spiro atoms. The molecule has 0 aliphatic rings. The van der Waals surface area contributed by atoms with Crippen molar-refractivity contribution in [3.8, 4) is 0 Å². The molecule has 0 saturated heterocycles. The van der Waals surface area contributed by atoms with Crippen LogP contribution in [0.2, 0.25) is 0 Å². The molecule has 7 nitrogen and oxygen atoms in total. The van der Waals surface area contributed by atoms with Gasteiger partial charge < -0.3 is 10.1 Å². The van der Waals surface area contributed by atoms with Gasteiger partial charge in [-0.2, -0.15) is 16.9 Å². The molecule has 2 rings (SSSR count). The molecule has 1 atom stereocenters. The second kappa shape index (κ2) is 8.49. The molecule has 1 aromatic carbocycles. The van der Waals surface area contributed by atoms with Crippen molar-refractivity contribution < 1.29 is 14.3 Å². The molecule has 0 radical (unpaired) electrons. The molecule has 0 fully saturated rings. The number of fused-ring (bicyclic) bond motifs is 1. The van der Waals surface area contributed by atoms with E-state index in [1.165, 1.54) is 13.3 Å². The van der Waals surface area contributed by atoms with E-state index in [2.05, 4.69) is 10.4 Å². The Hall–Kier alpha value is -2.35. The molecular formula is C16H19N3O4S. The maximum atomic E-state index is 12.3. The second-order valence-electron chi connectivity index (χ2n) is 5.12. The van der Waals surface area contributed by atoms with E-state index in [0.29, 0.717) is 22.9 Å². The molecule has 0 unspecified atom stereocenters. The van der Waals surface area contributed by atoms with Crippen LogP contribution in [0.5, 0.6) is 0 Å². The predicted octanol–water partition coefficient (Wildman–Crippen LogP) is 0.807. The molecule has 1 amide bonds. The molecule has 0 aliphatic carbocycles. The van der Waals surface area contributed by atoms with E-state index < -0.39 is 17.9 Å². The lowest BCUT2D eigenvalue weighted by atomic mass is 10.2. The third-order valence-electron chi connectivity index (χ3n) is 3.49. The third kappa shape index (κ3) is 4.35.